The number of carbonyl (C=O) groups excluding carboxylic acids is 1. The molecular formula is C14H19ClFN3O2. The number of amides is 1. The first kappa shape index (κ1) is 16.2. The van der Waals surface area contributed by atoms with Crippen LogP contribution in [0.15, 0.2) is 18.2 Å². The average Bonchev–Trinajstić information content (AvgIpc) is 2.45. The highest BCUT2D eigenvalue weighted by atomic mass is 35.5. The summed E-state index contributed by atoms with van der Waals surface area (Å²) in [5.41, 5.74) is 0.103. The summed E-state index contributed by atoms with van der Waals surface area (Å²) >= 11 is 5.78. The average molecular weight is 316 g/mol. The Bertz CT molecular complexity index is 493. The van der Waals surface area contributed by atoms with Crippen LogP contribution in [-0.2, 0) is 4.79 Å². The maximum atomic E-state index is 13.5. The zero-order chi connectivity index (χ0) is 15.2. The zero-order valence-electron chi connectivity index (χ0n) is 11.7. The first-order chi connectivity index (χ1) is 10.1. The molecule has 1 aromatic rings. The van der Waals surface area contributed by atoms with E-state index in [9.17, 15) is 9.18 Å². The van der Waals surface area contributed by atoms with E-state index in [1.165, 1.54) is 18.2 Å². The van der Waals surface area contributed by atoms with E-state index in [4.69, 9.17) is 16.7 Å². The molecule has 21 heavy (non-hydrogen) atoms. The van der Waals surface area contributed by atoms with E-state index in [0.29, 0.717) is 11.6 Å². The van der Waals surface area contributed by atoms with Gasteiger partial charge >= 0.3 is 0 Å². The van der Waals surface area contributed by atoms with Crippen LogP contribution in [0.3, 0.4) is 0 Å². The van der Waals surface area contributed by atoms with Gasteiger partial charge in [-0.15, -0.1) is 0 Å². The maximum Gasteiger partial charge on any atom is 0.238 e. The first-order valence-corrected chi connectivity index (χ1v) is 7.27. The number of carbonyl (C=O) groups is 1. The van der Waals surface area contributed by atoms with Crippen molar-refractivity contribution >= 4 is 23.2 Å². The number of β-amino-alcohol motifs (C(OH)–C–C–N with tert-alkyl or cyclic N) is 1. The second-order valence-electron chi connectivity index (χ2n) is 5.01. The van der Waals surface area contributed by atoms with Crippen LogP contribution in [-0.4, -0.2) is 66.7 Å². The normalized spacial score (nSPS) is 16.9. The predicted molar refractivity (Wildman–Crippen MR) is 80.0 cm³/mol. The van der Waals surface area contributed by atoms with E-state index >= 15 is 0 Å². The van der Waals surface area contributed by atoms with Crippen molar-refractivity contribution in [3.63, 3.8) is 0 Å². The predicted octanol–water partition coefficient (Wildman–Crippen LogP) is 1.03. The van der Waals surface area contributed by atoms with Crippen molar-refractivity contribution in [2.24, 2.45) is 0 Å². The summed E-state index contributed by atoms with van der Waals surface area (Å²) in [6.45, 7) is 4.18. The number of hydrogen-bond donors (Lipinski definition) is 2. The minimum atomic E-state index is -0.500. The van der Waals surface area contributed by atoms with Crippen molar-refractivity contribution in [2.45, 2.75) is 0 Å². The first-order valence-electron chi connectivity index (χ1n) is 6.89. The lowest BCUT2D eigenvalue weighted by Gasteiger charge is -2.33. The molecule has 0 bridgehead atoms. The third-order valence-corrected chi connectivity index (χ3v) is 3.69. The van der Waals surface area contributed by atoms with Crippen molar-refractivity contribution < 1.29 is 14.3 Å². The standard InChI is InChI=1S/C14H19ClFN3O2/c15-11-1-2-12(16)13(9-11)17-14(21)10-19-5-3-18(4-6-19)7-8-20/h1-2,9,20H,3-8,10H2,(H,17,21). The molecular weight excluding hydrogens is 297 g/mol. The molecule has 116 valence electrons. The number of nitrogens with zero attached hydrogens (tertiary/aromatic N) is 2. The molecule has 0 atom stereocenters. The number of rotatable bonds is 5. The van der Waals surface area contributed by atoms with Crippen LogP contribution >= 0.6 is 11.6 Å². The van der Waals surface area contributed by atoms with Gasteiger partial charge in [-0.1, -0.05) is 11.6 Å². The Hall–Kier alpha value is -1.21. The number of aliphatic hydroxyl groups is 1. The Morgan fingerprint density at radius 3 is 2.62 bits per heavy atom. The van der Waals surface area contributed by atoms with Gasteiger partial charge in [0.2, 0.25) is 5.91 Å². The van der Waals surface area contributed by atoms with Gasteiger partial charge in [-0.05, 0) is 18.2 Å². The Morgan fingerprint density at radius 1 is 1.29 bits per heavy atom. The Kier molecular flexibility index (Phi) is 5.93. The molecule has 0 radical (unpaired) electrons. The number of hydrogen-bond acceptors (Lipinski definition) is 4. The van der Waals surface area contributed by atoms with Crippen LogP contribution in [0.5, 0.6) is 0 Å². The van der Waals surface area contributed by atoms with Gasteiger partial charge in [0.1, 0.15) is 5.82 Å². The van der Waals surface area contributed by atoms with Crippen molar-refractivity contribution in [1.82, 2.24) is 9.80 Å². The molecule has 1 amide bonds. The lowest BCUT2D eigenvalue weighted by atomic mass is 10.3. The molecule has 0 unspecified atom stereocenters. The molecule has 1 aliphatic rings. The third kappa shape index (κ3) is 4.93. The van der Waals surface area contributed by atoms with Crippen LogP contribution in [0.4, 0.5) is 10.1 Å². The third-order valence-electron chi connectivity index (χ3n) is 3.45. The van der Waals surface area contributed by atoms with Crippen molar-refractivity contribution in [3.05, 3.63) is 29.0 Å². The van der Waals surface area contributed by atoms with E-state index in [2.05, 4.69) is 10.2 Å². The Labute approximate surface area is 128 Å². The monoisotopic (exact) mass is 315 g/mol. The lowest BCUT2D eigenvalue weighted by Crippen LogP contribution is -2.49. The lowest BCUT2D eigenvalue weighted by molar-refractivity contribution is -0.117. The molecule has 7 heteroatoms. The van der Waals surface area contributed by atoms with Crippen LogP contribution in [0.2, 0.25) is 5.02 Å². The fraction of sp³-hybridized carbons (Fsp3) is 0.500. The quantitative estimate of drug-likeness (QED) is 0.852. The maximum absolute atomic E-state index is 13.5. The van der Waals surface area contributed by atoms with E-state index in [0.717, 1.165) is 26.2 Å². The van der Waals surface area contributed by atoms with Gasteiger partial charge in [-0.2, -0.15) is 0 Å². The zero-order valence-corrected chi connectivity index (χ0v) is 12.4. The summed E-state index contributed by atoms with van der Waals surface area (Å²) in [5.74, 6) is -0.757. The van der Waals surface area contributed by atoms with E-state index < -0.39 is 5.82 Å². The molecule has 0 spiro atoms. The van der Waals surface area contributed by atoms with Gasteiger partial charge in [0.15, 0.2) is 0 Å². The minimum absolute atomic E-state index is 0.103. The van der Waals surface area contributed by atoms with Gasteiger partial charge in [0.05, 0.1) is 18.8 Å². The summed E-state index contributed by atoms with van der Waals surface area (Å²) in [6, 6.07) is 4.06. The number of nitrogens with one attached hydrogen (secondary N) is 1. The van der Waals surface area contributed by atoms with Crippen molar-refractivity contribution in [2.75, 3.05) is 51.2 Å². The summed E-state index contributed by atoms with van der Waals surface area (Å²) in [7, 11) is 0. The number of halogens is 2. The molecule has 0 aromatic heterocycles. The highest BCUT2D eigenvalue weighted by molar-refractivity contribution is 6.30. The fourth-order valence-corrected chi connectivity index (χ4v) is 2.47. The second-order valence-corrected chi connectivity index (χ2v) is 5.45. The van der Waals surface area contributed by atoms with Gasteiger partial charge in [0.25, 0.3) is 0 Å². The molecule has 5 nitrogen and oxygen atoms in total. The van der Waals surface area contributed by atoms with Gasteiger partial charge in [-0.3, -0.25) is 14.6 Å². The SMILES string of the molecule is O=C(CN1CCN(CCO)CC1)Nc1cc(Cl)ccc1F. The highest BCUT2D eigenvalue weighted by Crippen LogP contribution is 2.19. The smallest absolute Gasteiger partial charge is 0.238 e. The summed E-state index contributed by atoms with van der Waals surface area (Å²) < 4.78 is 13.5. The number of benzene rings is 1. The Morgan fingerprint density at radius 2 is 1.95 bits per heavy atom. The van der Waals surface area contributed by atoms with Crippen LogP contribution in [0, 0.1) is 5.82 Å². The molecule has 1 fully saturated rings. The highest BCUT2D eigenvalue weighted by Gasteiger charge is 2.19. The molecule has 0 aliphatic carbocycles. The van der Waals surface area contributed by atoms with Crippen LogP contribution in [0.25, 0.3) is 0 Å². The summed E-state index contributed by atoms with van der Waals surface area (Å²) in [4.78, 5) is 16.1. The summed E-state index contributed by atoms with van der Waals surface area (Å²) in [5, 5.41) is 11.8. The molecule has 1 heterocycles. The van der Waals surface area contributed by atoms with Gasteiger partial charge in [-0.25, -0.2) is 4.39 Å². The van der Waals surface area contributed by atoms with E-state index in [-0.39, 0.29) is 24.7 Å². The summed E-state index contributed by atoms with van der Waals surface area (Å²) in [6.07, 6.45) is 0. The van der Waals surface area contributed by atoms with Gasteiger partial charge < -0.3 is 10.4 Å². The van der Waals surface area contributed by atoms with Gasteiger partial charge in [0, 0.05) is 37.7 Å². The Balaban J connectivity index is 1.81. The molecule has 1 aliphatic heterocycles. The second kappa shape index (κ2) is 7.70. The molecule has 1 aromatic carbocycles. The largest absolute Gasteiger partial charge is 0.395 e. The van der Waals surface area contributed by atoms with Crippen molar-refractivity contribution in [3.8, 4) is 0 Å². The molecule has 2 rings (SSSR count). The molecule has 0 saturated carbocycles. The topological polar surface area (TPSA) is 55.8 Å². The van der Waals surface area contributed by atoms with E-state index in [1.807, 2.05) is 4.90 Å². The molecule has 1 saturated heterocycles. The minimum Gasteiger partial charge on any atom is -0.395 e. The number of aliphatic hydroxyl groups excluding tert-OH is 1. The number of anilines is 1. The van der Waals surface area contributed by atoms with Crippen LogP contribution in [0.1, 0.15) is 0 Å². The number of piperazine rings is 1. The van der Waals surface area contributed by atoms with Crippen LogP contribution < -0.4 is 5.32 Å². The van der Waals surface area contributed by atoms with Crippen molar-refractivity contribution in [1.29, 1.82) is 0 Å². The molecule has 2 N–H and O–H groups in total. The fourth-order valence-electron chi connectivity index (χ4n) is 2.30. The van der Waals surface area contributed by atoms with E-state index in [1.54, 1.807) is 0 Å².